The Morgan fingerprint density at radius 2 is 2.04 bits per heavy atom. The van der Waals surface area contributed by atoms with Crippen LogP contribution in [0.5, 0.6) is 0 Å². The lowest BCUT2D eigenvalue weighted by atomic mass is 9.95. The Bertz CT molecular complexity index is 780. The van der Waals surface area contributed by atoms with Crippen LogP contribution in [0.4, 0.5) is 4.39 Å². The predicted octanol–water partition coefficient (Wildman–Crippen LogP) is 4.82. The first kappa shape index (κ1) is 18.7. The van der Waals surface area contributed by atoms with Gasteiger partial charge in [0.25, 0.3) is 5.89 Å². The van der Waals surface area contributed by atoms with Crippen molar-refractivity contribution < 1.29 is 8.91 Å². The first-order valence-electron chi connectivity index (χ1n) is 7.41. The highest BCUT2D eigenvalue weighted by atomic mass is 35.5. The van der Waals surface area contributed by atoms with E-state index < -0.39 is 5.41 Å². The third-order valence-electron chi connectivity index (χ3n) is 3.71. The summed E-state index contributed by atoms with van der Waals surface area (Å²) < 4.78 is 18.4. The van der Waals surface area contributed by atoms with Gasteiger partial charge >= 0.3 is 0 Å². The van der Waals surface area contributed by atoms with Crippen LogP contribution in [0.1, 0.15) is 44.0 Å². The van der Waals surface area contributed by atoms with Crippen LogP contribution in [-0.2, 0) is 5.41 Å². The molecule has 24 heavy (non-hydrogen) atoms. The van der Waals surface area contributed by atoms with Crippen LogP contribution in [0.15, 0.2) is 34.4 Å². The molecule has 1 aliphatic rings. The summed E-state index contributed by atoms with van der Waals surface area (Å²) in [7, 11) is 0. The Kier molecular flexibility index (Phi) is 5.83. The second-order valence-corrected chi connectivity index (χ2v) is 6.17. The maximum absolute atomic E-state index is 13.2. The molecule has 0 amide bonds. The summed E-state index contributed by atoms with van der Waals surface area (Å²) in [5.41, 5.74) is 1.54. The van der Waals surface area contributed by atoms with Gasteiger partial charge in [0.15, 0.2) is 5.82 Å². The van der Waals surface area contributed by atoms with Crippen LogP contribution < -0.4 is 0 Å². The lowest BCUT2D eigenvalue weighted by molar-refractivity contribution is 0.400. The quantitative estimate of drug-likeness (QED) is 0.601. The molecule has 1 N–H and O–H groups in total. The highest BCUT2D eigenvalue weighted by Crippen LogP contribution is 2.54. The van der Waals surface area contributed by atoms with Gasteiger partial charge in [-0.05, 0) is 56.7 Å². The van der Waals surface area contributed by atoms with Gasteiger partial charge in [0.1, 0.15) is 11.5 Å². The Labute approximate surface area is 151 Å². The van der Waals surface area contributed by atoms with Gasteiger partial charge in [0, 0.05) is 5.02 Å². The maximum Gasteiger partial charge on any atom is 0.275 e. The highest BCUT2D eigenvalue weighted by molar-refractivity contribution is 7.79. The minimum absolute atomic E-state index is 0.180. The van der Waals surface area contributed by atoms with Gasteiger partial charge in [-0.3, -0.25) is 5.41 Å². The van der Waals surface area contributed by atoms with Crippen molar-refractivity contribution in [1.29, 1.82) is 5.41 Å². The molecule has 0 aliphatic heterocycles. The van der Waals surface area contributed by atoms with Crippen molar-refractivity contribution in [1.82, 2.24) is 10.1 Å². The Morgan fingerprint density at radius 3 is 2.58 bits per heavy atom. The molecule has 2 aromatic rings. The van der Waals surface area contributed by atoms with Crippen molar-refractivity contribution >= 4 is 29.9 Å². The van der Waals surface area contributed by atoms with E-state index in [-0.39, 0.29) is 17.4 Å². The average molecular weight is 368 g/mol. The van der Waals surface area contributed by atoms with E-state index in [1.165, 1.54) is 12.1 Å². The molecule has 0 spiro atoms. The summed E-state index contributed by atoms with van der Waals surface area (Å²) in [5, 5.41) is 12.3. The first-order valence-corrected chi connectivity index (χ1v) is 8.68. The maximum atomic E-state index is 13.2. The summed E-state index contributed by atoms with van der Waals surface area (Å²) >= 11 is 9.69. The summed E-state index contributed by atoms with van der Waals surface area (Å²) in [6, 6.07) is 4.35. The zero-order valence-corrected chi connectivity index (χ0v) is 15.4. The van der Waals surface area contributed by atoms with Crippen LogP contribution >= 0.6 is 24.2 Å². The van der Waals surface area contributed by atoms with E-state index in [9.17, 15) is 4.39 Å². The third-order valence-corrected chi connectivity index (χ3v) is 4.03. The SMILES string of the molecule is CC(C)=CC(=N)c1nc(C2(c3ccc(F)cc3Cl)CC2)no1.CS. The van der Waals surface area contributed by atoms with Crippen LogP contribution in [0.2, 0.25) is 5.02 Å². The zero-order valence-electron chi connectivity index (χ0n) is 13.7. The molecular weight excluding hydrogens is 349 g/mol. The number of allylic oxidation sites excluding steroid dienone is 2. The molecule has 4 nitrogen and oxygen atoms in total. The average Bonchev–Trinajstić information content (AvgIpc) is 3.17. The van der Waals surface area contributed by atoms with E-state index in [1.807, 2.05) is 13.8 Å². The lowest BCUT2D eigenvalue weighted by Gasteiger charge is -2.12. The molecule has 0 unspecified atom stereocenters. The fraction of sp³-hybridized carbons (Fsp3) is 0.353. The second-order valence-electron chi connectivity index (χ2n) is 5.76. The Hall–Kier alpha value is -1.66. The van der Waals surface area contributed by atoms with Crippen LogP contribution in [0.3, 0.4) is 0 Å². The molecule has 1 saturated carbocycles. The normalized spacial score (nSPS) is 14.4. The Morgan fingerprint density at radius 1 is 1.38 bits per heavy atom. The number of benzene rings is 1. The fourth-order valence-electron chi connectivity index (χ4n) is 2.49. The van der Waals surface area contributed by atoms with Crippen molar-refractivity contribution in [3.63, 3.8) is 0 Å². The van der Waals surface area contributed by atoms with Gasteiger partial charge in [-0.25, -0.2) is 4.39 Å². The number of hydrogen-bond donors (Lipinski definition) is 2. The molecular formula is C17H19ClFN3OS. The molecule has 0 atom stereocenters. The number of aromatic nitrogens is 2. The molecule has 0 bridgehead atoms. The molecule has 1 aromatic heterocycles. The van der Waals surface area contributed by atoms with E-state index in [0.29, 0.717) is 10.8 Å². The summed E-state index contributed by atoms with van der Waals surface area (Å²) in [4.78, 5) is 4.34. The summed E-state index contributed by atoms with van der Waals surface area (Å²) in [5.74, 6) is 0.312. The number of halogens is 2. The molecule has 7 heteroatoms. The number of nitrogens with one attached hydrogen (secondary N) is 1. The van der Waals surface area contributed by atoms with Gasteiger partial charge in [-0.1, -0.05) is 28.4 Å². The largest absolute Gasteiger partial charge is 0.332 e. The summed E-state index contributed by atoms with van der Waals surface area (Å²) in [6.45, 7) is 3.79. The topological polar surface area (TPSA) is 62.8 Å². The van der Waals surface area contributed by atoms with Gasteiger partial charge in [0.05, 0.1) is 5.41 Å². The van der Waals surface area contributed by atoms with Gasteiger partial charge < -0.3 is 4.52 Å². The second kappa shape index (κ2) is 7.49. The van der Waals surface area contributed by atoms with Crippen molar-refractivity contribution in [2.45, 2.75) is 32.1 Å². The molecule has 0 saturated heterocycles. The van der Waals surface area contributed by atoms with Crippen LogP contribution in [0, 0.1) is 11.2 Å². The van der Waals surface area contributed by atoms with E-state index in [1.54, 1.807) is 18.4 Å². The molecule has 1 aliphatic carbocycles. The molecule has 1 fully saturated rings. The first-order chi connectivity index (χ1) is 11.4. The fourth-order valence-corrected chi connectivity index (χ4v) is 2.84. The smallest absolute Gasteiger partial charge is 0.275 e. The molecule has 128 valence electrons. The zero-order chi connectivity index (χ0) is 17.9. The number of thiol groups is 1. The third kappa shape index (κ3) is 3.70. The Balaban J connectivity index is 0.00000100. The van der Waals surface area contributed by atoms with E-state index in [0.717, 1.165) is 24.0 Å². The number of hydrogen-bond acceptors (Lipinski definition) is 5. The van der Waals surface area contributed by atoms with Crippen molar-refractivity contribution in [2.75, 3.05) is 6.26 Å². The van der Waals surface area contributed by atoms with Crippen LogP contribution in [-0.4, -0.2) is 22.1 Å². The minimum atomic E-state index is -0.419. The number of nitrogens with zero attached hydrogens (tertiary/aromatic N) is 2. The van der Waals surface area contributed by atoms with Gasteiger partial charge in [-0.15, -0.1) is 0 Å². The minimum Gasteiger partial charge on any atom is -0.332 e. The van der Waals surface area contributed by atoms with E-state index in [2.05, 4.69) is 22.8 Å². The van der Waals surface area contributed by atoms with Gasteiger partial charge in [-0.2, -0.15) is 17.6 Å². The van der Waals surface area contributed by atoms with E-state index >= 15 is 0 Å². The number of rotatable bonds is 4. The monoisotopic (exact) mass is 367 g/mol. The van der Waals surface area contributed by atoms with E-state index in [4.69, 9.17) is 21.5 Å². The van der Waals surface area contributed by atoms with Gasteiger partial charge in [0.2, 0.25) is 0 Å². The standard InChI is InChI=1S/C16H15ClFN3O.CH4S/c1-9(2)7-13(19)14-20-15(21-22-14)16(5-6-16)11-4-3-10(18)8-12(11)17;1-2/h3-4,7-8,19H,5-6H2,1-2H3;2H,1H3. The highest BCUT2D eigenvalue weighted by Gasteiger charge is 2.51. The predicted molar refractivity (Wildman–Crippen MR) is 96.9 cm³/mol. The molecule has 1 heterocycles. The molecule has 3 rings (SSSR count). The van der Waals surface area contributed by atoms with Crippen molar-refractivity contribution in [3.8, 4) is 0 Å². The molecule has 1 aromatic carbocycles. The summed E-state index contributed by atoms with van der Waals surface area (Å²) in [6.07, 6.45) is 5.02. The molecule has 0 radical (unpaired) electrons. The lowest BCUT2D eigenvalue weighted by Crippen LogP contribution is -2.12. The van der Waals surface area contributed by atoms with Crippen molar-refractivity contribution in [3.05, 3.63) is 58.0 Å². The van der Waals surface area contributed by atoms with Crippen molar-refractivity contribution in [2.24, 2.45) is 0 Å². The van der Waals surface area contributed by atoms with Crippen LogP contribution in [0.25, 0.3) is 0 Å².